The van der Waals surface area contributed by atoms with Crippen molar-refractivity contribution in [2.75, 3.05) is 6.54 Å². The van der Waals surface area contributed by atoms with Gasteiger partial charge < -0.3 is 9.88 Å². The van der Waals surface area contributed by atoms with Gasteiger partial charge in [0.1, 0.15) is 19.6 Å². The minimum atomic E-state index is 0.896. The SMILES string of the molecule is CCCCCN1C=CC=C/C1=C1\C2=NC(=C(c3cccc[n+]3CCCCC)C3=NC(=C(c4cccc[n+]4CCCCC)c4ccc([nH]4)C(c4cccc[n+]4CCCCC)=C4C=CC1=N4)C=C3)C=C2. The molecule has 4 aromatic heterocycles. The lowest BCUT2D eigenvalue weighted by molar-refractivity contribution is -0.699. The summed E-state index contributed by atoms with van der Waals surface area (Å²) in [7, 11) is 0. The number of aryl methyl sites for hydroxylation is 3. The highest BCUT2D eigenvalue weighted by atomic mass is 15.1. The number of rotatable bonds is 19. The summed E-state index contributed by atoms with van der Waals surface area (Å²) in [5.41, 5.74) is 16.1. The van der Waals surface area contributed by atoms with E-state index in [-0.39, 0.29) is 0 Å². The Balaban J connectivity index is 1.34. The maximum atomic E-state index is 5.68. The van der Waals surface area contributed by atoms with Crippen LogP contribution in [0.15, 0.2) is 190 Å². The van der Waals surface area contributed by atoms with Crippen molar-refractivity contribution < 1.29 is 13.7 Å². The summed E-state index contributed by atoms with van der Waals surface area (Å²) in [4.78, 5) is 23.5. The van der Waals surface area contributed by atoms with E-state index in [4.69, 9.17) is 15.0 Å². The minimum absolute atomic E-state index is 0.896. The third kappa shape index (κ3) is 10.1. The third-order valence-corrected chi connectivity index (χ3v) is 13.5. The molecule has 0 atom stereocenters. The molecule has 8 nitrogen and oxygen atoms in total. The van der Waals surface area contributed by atoms with Crippen LogP contribution < -0.4 is 13.7 Å². The Morgan fingerprint density at radius 1 is 0.426 bits per heavy atom. The van der Waals surface area contributed by atoms with Crippen LogP contribution in [0.25, 0.3) is 16.7 Å². The molecule has 1 N–H and O–H groups in total. The molecule has 0 radical (unpaired) electrons. The van der Waals surface area contributed by atoms with Gasteiger partial charge in [0.15, 0.2) is 18.6 Å². The van der Waals surface area contributed by atoms with E-state index in [0.717, 1.165) is 155 Å². The largest absolute Gasteiger partial charge is 0.354 e. The van der Waals surface area contributed by atoms with Crippen molar-refractivity contribution in [3.8, 4) is 0 Å². The van der Waals surface area contributed by atoms with Gasteiger partial charge >= 0.3 is 0 Å². The average molecular weight is 902 g/mol. The van der Waals surface area contributed by atoms with Crippen LogP contribution in [0, 0.1) is 0 Å². The second-order valence-corrected chi connectivity index (χ2v) is 18.4. The number of pyridine rings is 3. The first-order valence-corrected chi connectivity index (χ1v) is 25.7. The molecule has 5 aliphatic heterocycles. The van der Waals surface area contributed by atoms with E-state index in [1.165, 1.54) is 38.5 Å². The van der Waals surface area contributed by atoms with Crippen LogP contribution in [0.5, 0.6) is 0 Å². The number of aliphatic imine (C=N–C) groups is 3. The van der Waals surface area contributed by atoms with Gasteiger partial charge in [-0.3, -0.25) is 0 Å². The Kier molecular flexibility index (Phi) is 15.2. The van der Waals surface area contributed by atoms with Crippen molar-refractivity contribution >= 4 is 33.9 Å². The highest BCUT2D eigenvalue weighted by molar-refractivity contribution is 6.36. The predicted octanol–water partition coefficient (Wildman–Crippen LogP) is 12.3. The maximum absolute atomic E-state index is 5.68. The molecule has 68 heavy (non-hydrogen) atoms. The fourth-order valence-electron chi connectivity index (χ4n) is 9.93. The Hall–Kier alpha value is -6.80. The van der Waals surface area contributed by atoms with Crippen LogP contribution in [0.1, 0.15) is 133 Å². The second-order valence-electron chi connectivity index (χ2n) is 18.4. The average Bonchev–Trinajstić information content (AvgIpc) is 4.22. The molecule has 0 aromatic carbocycles. The molecule has 0 aliphatic carbocycles. The molecule has 5 aliphatic rings. The maximum Gasteiger partial charge on any atom is 0.216 e. The molecule has 9 rings (SSSR count). The summed E-state index contributed by atoms with van der Waals surface area (Å²) in [6.07, 6.45) is 42.4. The van der Waals surface area contributed by atoms with Gasteiger partial charge in [0.2, 0.25) is 17.1 Å². The first kappa shape index (κ1) is 46.3. The molecular formula is C60H69N8+3. The molecule has 0 saturated carbocycles. The van der Waals surface area contributed by atoms with E-state index < -0.39 is 0 Å². The van der Waals surface area contributed by atoms with Crippen LogP contribution in [-0.4, -0.2) is 33.6 Å². The van der Waals surface area contributed by atoms with Crippen LogP contribution in [0.2, 0.25) is 0 Å². The number of allylic oxidation sites excluding steroid dienone is 11. The van der Waals surface area contributed by atoms with Crippen LogP contribution in [0.3, 0.4) is 0 Å². The Labute approximate surface area is 404 Å². The molecule has 346 valence electrons. The molecule has 0 fully saturated rings. The number of unbranched alkanes of at least 4 members (excludes halogenated alkanes) is 8. The van der Waals surface area contributed by atoms with Crippen LogP contribution in [0.4, 0.5) is 0 Å². The molecule has 0 saturated heterocycles. The lowest BCUT2D eigenvalue weighted by Gasteiger charge is -2.26. The van der Waals surface area contributed by atoms with Gasteiger partial charge in [-0.1, -0.05) is 65.9 Å². The monoisotopic (exact) mass is 902 g/mol. The van der Waals surface area contributed by atoms with Gasteiger partial charge in [0.05, 0.1) is 68.0 Å². The summed E-state index contributed by atoms with van der Waals surface area (Å²) < 4.78 is 7.23. The highest BCUT2D eigenvalue weighted by Crippen LogP contribution is 2.37. The molecule has 0 spiro atoms. The minimum Gasteiger partial charge on any atom is -0.354 e. The molecule has 4 aromatic rings. The molecular weight excluding hydrogens is 833 g/mol. The van der Waals surface area contributed by atoms with Gasteiger partial charge in [0, 0.05) is 74.0 Å². The standard InChI is InChI=1S/C60H69N8/c1-5-9-17-37-65-41-21-13-25-53(65)57-45-29-31-47(61-45)58(54-26-14-22-42-66(54)38-18-10-6-2)49-33-35-51(63-49)60(56-28-16-24-44-68(56)40-20-12-8-4)52-36-34-50(64-52)59(48-32-30-46(57)62-48)55-27-15-23-43-67(55)39-19-11-7-3/h13-16,21-36,41-44,61H,5-12,17-20,37-40H2,1-4H3/q+3. The van der Waals surface area contributed by atoms with E-state index in [1.54, 1.807) is 0 Å². The Morgan fingerprint density at radius 2 is 0.853 bits per heavy atom. The zero-order valence-corrected chi connectivity index (χ0v) is 40.8. The lowest BCUT2D eigenvalue weighted by atomic mass is 10.00. The number of nitrogens with zero attached hydrogens (tertiary/aromatic N) is 7. The van der Waals surface area contributed by atoms with Gasteiger partial charge in [0.25, 0.3) is 0 Å². The summed E-state index contributed by atoms with van der Waals surface area (Å²) in [5, 5.41) is 0. The number of aromatic nitrogens is 4. The van der Waals surface area contributed by atoms with Gasteiger partial charge in [-0.25, -0.2) is 15.0 Å². The second kappa shape index (κ2) is 22.3. The van der Waals surface area contributed by atoms with E-state index in [1.807, 2.05) is 0 Å². The van der Waals surface area contributed by atoms with Gasteiger partial charge in [-0.15, -0.1) is 0 Å². The van der Waals surface area contributed by atoms with Crippen molar-refractivity contribution in [1.29, 1.82) is 0 Å². The van der Waals surface area contributed by atoms with Gasteiger partial charge in [-0.2, -0.15) is 13.7 Å². The lowest BCUT2D eigenvalue weighted by Crippen LogP contribution is -2.38. The highest BCUT2D eigenvalue weighted by Gasteiger charge is 2.33. The number of hydrogen-bond acceptors (Lipinski definition) is 4. The Morgan fingerprint density at radius 3 is 1.32 bits per heavy atom. The molecule has 8 bridgehead atoms. The summed E-state index contributed by atoms with van der Waals surface area (Å²) in [5.74, 6) is 0. The number of nitrogens with one attached hydrogen (secondary N) is 1. The summed E-state index contributed by atoms with van der Waals surface area (Å²) in [6.45, 7) is 12.7. The predicted molar refractivity (Wildman–Crippen MR) is 280 cm³/mol. The van der Waals surface area contributed by atoms with Crippen LogP contribution in [-0.2, 0) is 19.6 Å². The van der Waals surface area contributed by atoms with E-state index in [2.05, 4.69) is 197 Å². The summed E-state index contributed by atoms with van der Waals surface area (Å²) in [6, 6.07) is 24.2. The fraction of sp³-hybridized carbons (Fsp3) is 0.333. The molecule has 8 heteroatoms. The van der Waals surface area contributed by atoms with E-state index in [9.17, 15) is 0 Å². The summed E-state index contributed by atoms with van der Waals surface area (Å²) >= 11 is 0. The third-order valence-electron chi connectivity index (χ3n) is 13.5. The number of H-pyrrole nitrogens is 1. The molecule has 0 amide bonds. The number of fused-ring (bicyclic) bond motifs is 5. The van der Waals surface area contributed by atoms with E-state index >= 15 is 0 Å². The van der Waals surface area contributed by atoms with Crippen molar-refractivity contribution in [2.45, 2.75) is 124 Å². The number of hydrogen-bond donors (Lipinski definition) is 1. The topological polar surface area (TPSA) is 67.8 Å². The van der Waals surface area contributed by atoms with Crippen molar-refractivity contribution in [2.24, 2.45) is 15.0 Å². The quantitative estimate of drug-likeness (QED) is 0.0739. The smallest absolute Gasteiger partial charge is 0.216 e. The normalized spacial score (nSPS) is 17.4. The zero-order valence-electron chi connectivity index (χ0n) is 40.8. The molecule has 0 unspecified atom stereocenters. The number of aromatic amines is 1. The van der Waals surface area contributed by atoms with E-state index in [0.29, 0.717) is 0 Å². The first-order chi connectivity index (χ1) is 33.6. The zero-order chi connectivity index (χ0) is 46.7. The first-order valence-electron chi connectivity index (χ1n) is 25.7. The van der Waals surface area contributed by atoms with Crippen molar-refractivity contribution in [3.63, 3.8) is 0 Å². The van der Waals surface area contributed by atoms with Crippen molar-refractivity contribution in [3.05, 3.63) is 203 Å². The fourth-order valence-corrected chi connectivity index (χ4v) is 9.93. The molecule has 9 heterocycles. The Bertz CT molecular complexity index is 2890. The van der Waals surface area contributed by atoms with Crippen LogP contribution >= 0.6 is 0 Å². The van der Waals surface area contributed by atoms with Gasteiger partial charge in [-0.05, 0) is 105 Å². The van der Waals surface area contributed by atoms with Crippen molar-refractivity contribution in [1.82, 2.24) is 9.88 Å².